The summed E-state index contributed by atoms with van der Waals surface area (Å²) in [4.78, 5) is 47.2. The summed E-state index contributed by atoms with van der Waals surface area (Å²) in [6, 6.07) is 6.89. The first-order valence-corrected chi connectivity index (χ1v) is 11.7. The molecule has 1 rings (SSSR count). The number of carbonyl (C=O) groups excluding carboxylic acids is 4. The van der Waals surface area contributed by atoms with Gasteiger partial charge in [0.15, 0.2) is 0 Å². The van der Waals surface area contributed by atoms with Crippen LogP contribution in [0.1, 0.15) is 57.9 Å². The number of unbranched alkanes of at least 4 members (excludes halogenated alkanes) is 3. The number of rotatable bonds is 17. The number of anilines is 1. The van der Waals surface area contributed by atoms with Crippen LogP contribution < -0.4 is 21.3 Å². The Bertz CT molecular complexity index is 737. The molecule has 0 saturated heterocycles. The molecule has 0 aromatic heterocycles. The van der Waals surface area contributed by atoms with Crippen LogP contribution in [0.5, 0.6) is 0 Å². The quantitative estimate of drug-likeness (QED) is 0.263. The van der Waals surface area contributed by atoms with Crippen LogP contribution in [0.2, 0.25) is 0 Å². The molecule has 9 heteroatoms. The van der Waals surface area contributed by atoms with Gasteiger partial charge in [0.1, 0.15) is 13.2 Å². The summed E-state index contributed by atoms with van der Waals surface area (Å²) < 4.78 is 5.12. The predicted octanol–water partition coefficient (Wildman–Crippen LogP) is 1.91. The maximum absolute atomic E-state index is 12.1. The summed E-state index contributed by atoms with van der Waals surface area (Å²) in [5.74, 6) is -0.843. The number of hydrogen-bond donors (Lipinski definition) is 4. The predicted molar refractivity (Wildman–Crippen MR) is 128 cm³/mol. The van der Waals surface area contributed by atoms with Crippen molar-refractivity contribution in [2.24, 2.45) is 0 Å². The molecule has 0 aliphatic rings. The lowest BCUT2D eigenvalue weighted by Gasteiger charge is -2.09. The second-order valence-electron chi connectivity index (χ2n) is 7.78. The number of amides is 4. The minimum absolute atomic E-state index is 0.0624. The number of hydrogen-bond acceptors (Lipinski definition) is 5. The third-order valence-electron chi connectivity index (χ3n) is 4.70. The summed E-state index contributed by atoms with van der Waals surface area (Å²) in [7, 11) is 0. The normalized spacial score (nSPS) is 10.4. The van der Waals surface area contributed by atoms with Crippen molar-refractivity contribution >= 4 is 29.3 Å². The molecule has 0 bridgehead atoms. The molecule has 4 amide bonds. The number of ether oxygens (including phenoxy) is 1. The molecule has 0 unspecified atom stereocenters. The van der Waals surface area contributed by atoms with Crippen LogP contribution in [-0.2, 0) is 30.3 Å². The van der Waals surface area contributed by atoms with Crippen molar-refractivity contribution in [3.63, 3.8) is 0 Å². The molecule has 33 heavy (non-hydrogen) atoms. The molecule has 0 atom stereocenters. The zero-order valence-electron chi connectivity index (χ0n) is 19.8. The zero-order chi connectivity index (χ0) is 24.3. The Labute approximate surface area is 196 Å². The SMILES string of the molecule is CCCCCNC(=O)CCNC(=O)Cc1ccc(NC(=O)COCC(=O)NCCCC)cc1. The molecule has 0 aliphatic heterocycles. The fourth-order valence-corrected chi connectivity index (χ4v) is 2.85. The molecule has 0 radical (unpaired) electrons. The lowest BCUT2D eigenvalue weighted by molar-refractivity contribution is -0.129. The summed E-state index contributed by atoms with van der Waals surface area (Å²) in [5.41, 5.74) is 1.36. The van der Waals surface area contributed by atoms with Gasteiger partial charge in [-0.1, -0.05) is 45.2 Å². The van der Waals surface area contributed by atoms with E-state index in [0.29, 0.717) is 25.3 Å². The number of benzene rings is 1. The van der Waals surface area contributed by atoms with Crippen LogP contribution in [-0.4, -0.2) is 56.5 Å². The van der Waals surface area contributed by atoms with E-state index in [1.54, 1.807) is 24.3 Å². The van der Waals surface area contributed by atoms with Gasteiger partial charge in [0.2, 0.25) is 23.6 Å². The molecule has 184 valence electrons. The van der Waals surface area contributed by atoms with Crippen molar-refractivity contribution in [2.45, 2.75) is 58.8 Å². The molecule has 0 spiro atoms. The Morgan fingerprint density at radius 1 is 0.697 bits per heavy atom. The minimum Gasteiger partial charge on any atom is -0.362 e. The first-order chi connectivity index (χ1) is 15.9. The molecular weight excluding hydrogens is 424 g/mol. The smallest absolute Gasteiger partial charge is 0.250 e. The zero-order valence-corrected chi connectivity index (χ0v) is 19.8. The lowest BCUT2D eigenvalue weighted by atomic mass is 10.1. The Hall–Kier alpha value is -2.94. The van der Waals surface area contributed by atoms with Gasteiger partial charge >= 0.3 is 0 Å². The third kappa shape index (κ3) is 14.7. The molecule has 0 saturated carbocycles. The highest BCUT2D eigenvalue weighted by Crippen LogP contribution is 2.10. The maximum Gasteiger partial charge on any atom is 0.250 e. The summed E-state index contributed by atoms with van der Waals surface area (Å²) in [6.07, 6.45) is 5.49. The Morgan fingerprint density at radius 2 is 1.30 bits per heavy atom. The number of nitrogens with one attached hydrogen (secondary N) is 4. The molecular formula is C24H38N4O5. The van der Waals surface area contributed by atoms with Gasteiger partial charge in [-0.25, -0.2) is 0 Å². The van der Waals surface area contributed by atoms with Gasteiger partial charge in [-0.15, -0.1) is 0 Å². The summed E-state index contributed by atoms with van der Waals surface area (Å²) in [5, 5.41) is 11.0. The highest BCUT2D eigenvalue weighted by Gasteiger charge is 2.08. The standard InChI is InChI=1S/C24H38N4O5/c1-3-5-7-14-25-21(29)12-15-27-22(30)16-19-8-10-20(11-9-19)28-24(32)18-33-17-23(31)26-13-6-4-2/h8-11H,3-7,12-18H2,1-2H3,(H,25,29)(H,26,31)(H,27,30)(H,28,32). The molecule has 1 aromatic carbocycles. The highest BCUT2D eigenvalue weighted by molar-refractivity contribution is 5.92. The minimum atomic E-state index is -0.366. The van der Waals surface area contributed by atoms with E-state index in [2.05, 4.69) is 28.2 Å². The van der Waals surface area contributed by atoms with Crippen LogP contribution in [0, 0.1) is 0 Å². The molecule has 0 heterocycles. The maximum atomic E-state index is 12.1. The van der Waals surface area contributed by atoms with Gasteiger partial charge in [0.05, 0.1) is 6.42 Å². The molecule has 9 nitrogen and oxygen atoms in total. The van der Waals surface area contributed by atoms with Gasteiger partial charge in [-0.2, -0.15) is 0 Å². The van der Waals surface area contributed by atoms with E-state index in [1.807, 2.05) is 6.92 Å². The first-order valence-electron chi connectivity index (χ1n) is 11.7. The lowest BCUT2D eigenvalue weighted by Crippen LogP contribution is -2.31. The Balaban J connectivity index is 2.22. The Morgan fingerprint density at radius 3 is 2.00 bits per heavy atom. The van der Waals surface area contributed by atoms with Gasteiger partial charge in [0.25, 0.3) is 0 Å². The van der Waals surface area contributed by atoms with E-state index in [1.165, 1.54) is 0 Å². The van der Waals surface area contributed by atoms with Crippen molar-refractivity contribution < 1.29 is 23.9 Å². The van der Waals surface area contributed by atoms with Crippen molar-refractivity contribution in [2.75, 3.05) is 38.2 Å². The van der Waals surface area contributed by atoms with Crippen molar-refractivity contribution in [1.82, 2.24) is 16.0 Å². The van der Waals surface area contributed by atoms with E-state index in [0.717, 1.165) is 37.7 Å². The van der Waals surface area contributed by atoms with E-state index in [9.17, 15) is 19.2 Å². The largest absolute Gasteiger partial charge is 0.362 e. The molecule has 1 aromatic rings. The van der Waals surface area contributed by atoms with E-state index < -0.39 is 0 Å². The van der Waals surface area contributed by atoms with E-state index in [4.69, 9.17) is 4.74 Å². The van der Waals surface area contributed by atoms with Crippen LogP contribution in [0.25, 0.3) is 0 Å². The topological polar surface area (TPSA) is 126 Å². The summed E-state index contributed by atoms with van der Waals surface area (Å²) in [6.45, 7) is 5.32. The van der Waals surface area contributed by atoms with Crippen molar-refractivity contribution in [1.29, 1.82) is 0 Å². The molecule has 0 aliphatic carbocycles. The second-order valence-corrected chi connectivity index (χ2v) is 7.78. The van der Waals surface area contributed by atoms with Crippen LogP contribution in [0.4, 0.5) is 5.69 Å². The Kier molecular flexibility index (Phi) is 15.0. The van der Waals surface area contributed by atoms with Crippen LogP contribution >= 0.6 is 0 Å². The average molecular weight is 463 g/mol. The highest BCUT2D eigenvalue weighted by atomic mass is 16.5. The third-order valence-corrected chi connectivity index (χ3v) is 4.70. The van der Waals surface area contributed by atoms with Gasteiger partial charge in [-0.3, -0.25) is 19.2 Å². The summed E-state index contributed by atoms with van der Waals surface area (Å²) >= 11 is 0. The van der Waals surface area contributed by atoms with Crippen LogP contribution in [0.15, 0.2) is 24.3 Å². The monoisotopic (exact) mass is 462 g/mol. The fraction of sp³-hybridized carbons (Fsp3) is 0.583. The van der Waals surface area contributed by atoms with Gasteiger partial charge in [0, 0.05) is 31.7 Å². The average Bonchev–Trinajstić information content (AvgIpc) is 2.78. The van der Waals surface area contributed by atoms with E-state index >= 15 is 0 Å². The molecule has 4 N–H and O–H groups in total. The van der Waals surface area contributed by atoms with E-state index in [-0.39, 0.29) is 49.7 Å². The molecule has 0 fully saturated rings. The van der Waals surface area contributed by atoms with Crippen molar-refractivity contribution in [3.8, 4) is 0 Å². The number of carbonyl (C=O) groups is 4. The van der Waals surface area contributed by atoms with Crippen LogP contribution in [0.3, 0.4) is 0 Å². The fourth-order valence-electron chi connectivity index (χ4n) is 2.85. The van der Waals surface area contributed by atoms with Gasteiger partial charge in [-0.05, 0) is 30.5 Å². The first kappa shape index (κ1) is 28.1. The van der Waals surface area contributed by atoms with Crippen molar-refractivity contribution in [3.05, 3.63) is 29.8 Å². The second kappa shape index (κ2) is 17.6. The van der Waals surface area contributed by atoms with Gasteiger partial charge < -0.3 is 26.0 Å².